The van der Waals surface area contributed by atoms with Crippen molar-refractivity contribution in [2.24, 2.45) is 5.92 Å². The number of carboxylic acid groups (broad SMARTS) is 2. The first kappa shape index (κ1) is 17.1. The summed E-state index contributed by atoms with van der Waals surface area (Å²) in [7, 11) is 1.49. The molecular weight excluding hydrogens is 280 g/mol. The topological polar surface area (TPSA) is 107 Å². The van der Waals surface area contributed by atoms with Crippen LogP contribution >= 0.6 is 0 Å². The Kier molecular flexibility index (Phi) is 5.03. The first-order chi connectivity index (χ1) is 9.51. The molecule has 1 saturated heterocycles. The second-order valence-corrected chi connectivity index (χ2v) is 6.20. The molecular formula is C13H22N2O6. The Morgan fingerprint density at radius 2 is 1.76 bits per heavy atom. The van der Waals surface area contributed by atoms with E-state index in [1.165, 1.54) is 11.9 Å². The molecule has 8 nitrogen and oxygen atoms in total. The van der Waals surface area contributed by atoms with Gasteiger partial charge in [0, 0.05) is 20.1 Å². The minimum Gasteiger partial charge on any atom is -0.481 e. The minimum atomic E-state index is -1.19. The highest BCUT2D eigenvalue weighted by atomic mass is 16.6. The fourth-order valence-corrected chi connectivity index (χ4v) is 2.17. The molecule has 0 aromatic heterocycles. The summed E-state index contributed by atoms with van der Waals surface area (Å²) in [5, 5.41) is 18.2. The van der Waals surface area contributed by atoms with Crippen LogP contribution in [0, 0.1) is 5.92 Å². The molecule has 2 unspecified atom stereocenters. The van der Waals surface area contributed by atoms with Gasteiger partial charge in [0.25, 0.3) is 0 Å². The SMILES string of the molecule is CN(C(=O)OC(C)(C)C)C1CC(C(=O)O)CN(C(=O)O)C1. The number of aliphatic carboxylic acids is 1. The lowest BCUT2D eigenvalue weighted by molar-refractivity contribution is -0.144. The van der Waals surface area contributed by atoms with Gasteiger partial charge < -0.3 is 24.7 Å². The van der Waals surface area contributed by atoms with Crippen LogP contribution in [0.4, 0.5) is 9.59 Å². The second-order valence-electron chi connectivity index (χ2n) is 6.20. The van der Waals surface area contributed by atoms with Crippen LogP contribution in [0.25, 0.3) is 0 Å². The van der Waals surface area contributed by atoms with Crippen LogP contribution in [0.3, 0.4) is 0 Å². The monoisotopic (exact) mass is 302 g/mol. The van der Waals surface area contributed by atoms with E-state index in [0.717, 1.165) is 4.90 Å². The zero-order valence-electron chi connectivity index (χ0n) is 12.7. The lowest BCUT2D eigenvalue weighted by Gasteiger charge is -2.39. The van der Waals surface area contributed by atoms with Crippen LogP contribution < -0.4 is 0 Å². The van der Waals surface area contributed by atoms with Gasteiger partial charge in [0.05, 0.1) is 12.0 Å². The summed E-state index contributed by atoms with van der Waals surface area (Å²) < 4.78 is 5.22. The van der Waals surface area contributed by atoms with Gasteiger partial charge in [0.2, 0.25) is 0 Å². The number of piperidine rings is 1. The molecule has 8 heteroatoms. The zero-order chi connectivity index (χ0) is 16.4. The van der Waals surface area contributed by atoms with E-state index < -0.39 is 35.7 Å². The fourth-order valence-electron chi connectivity index (χ4n) is 2.17. The van der Waals surface area contributed by atoms with Crippen molar-refractivity contribution in [1.29, 1.82) is 0 Å². The molecule has 0 aliphatic carbocycles. The van der Waals surface area contributed by atoms with Gasteiger partial charge in [-0.15, -0.1) is 0 Å². The van der Waals surface area contributed by atoms with Crippen LogP contribution in [0.5, 0.6) is 0 Å². The Labute approximate surface area is 123 Å². The maximum atomic E-state index is 12.0. The number of likely N-dealkylation sites (N-methyl/N-ethyl adjacent to an activating group) is 1. The maximum Gasteiger partial charge on any atom is 0.410 e. The van der Waals surface area contributed by atoms with Gasteiger partial charge in [-0.1, -0.05) is 0 Å². The molecule has 2 N–H and O–H groups in total. The third-order valence-corrected chi connectivity index (χ3v) is 3.28. The summed E-state index contributed by atoms with van der Waals surface area (Å²) in [4.78, 5) is 36.5. The number of carbonyl (C=O) groups is 3. The Balaban J connectivity index is 2.81. The number of nitrogens with zero attached hydrogens (tertiary/aromatic N) is 2. The molecule has 1 heterocycles. The highest BCUT2D eigenvalue weighted by Crippen LogP contribution is 2.22. The van der Waals surface area contributed by atoms with E-state index in [1.54, 1.807) is 20.8 Å². The van der Waals surface area contributed by atoms with Gasteiger partial charge in [-0.3, -0.25) is 4.79 Å². The van der Waals surface area contributed by atoms with Crippen molar-refractivity contribution in [3.63, 3.8) is 0 Å². The van der Waals surface area contributed by atoms with Crippen molar-refractivity contribution in [3.05, 3.63) is 0 Å². The molecule has 2 atom stereocenters. The largest absolute Gasteiger partial charge is 0.481 e. The van der Waals surface area contributed by atoms with Crippen molar-refractivity contribution in [2.45, 2.75) is 38.8 Å². The summed E-state index contributed by atoms with van der Waals surface area (Å²) in [6, 6.07) is -0.522. The maximum absolute atomic E-state index is 12.0. The third-order valence-electron chi connectivity index (χ3n) is 3.28. The van der Waals surface area contributed by atoms with Crippen molar-refractivity contribution in [3.8, 4) is 0 Å². The van der Waals surface area contributed by atoms with Gasteiger partial charge >= 0.3 is 18.2 Å². The van der Waals surface area contributed by atoms with Crippen molar-refractivity contribution in [1.82, 2.24) is 9.80 Å². The Hall–Kier alpha value is -1.99. The summed E-state index contributed by atoms with van der Waals surface area (Å²) in [6.07, 6.45) is -1.58. The highest BCUT2D eigenvalue weighted by molar-refractivity contribution is 5.73. The van der Waals surface area contributed by atoms with Crippen molar-refractivity contribution < 1.29 is 29.3 Å². The Bertz CT molecular complexity index is 409. The van der Waals surface area contributed by atoms with E-state index in [2.05, 4.69) is 0 Å². The molecule has 0 aromatic carbocycles. The van der Waals surface area contributed by atoms with E-state index in [0.29, 0.717) is 0 Å². The quantitative estimate of drug-likeness (QED) is 0.796. The third kappa shape index (κ3) is 4.80. The van der Waals surface area contributed by atoms with Crippen LogP contribution in [0.1, 0.15) is 27.2 Å². The fraction of sp³-hybridized carbons (Fsp3) is 0.769. The number of amides is 2. The zero-order valence-corrected chi connectivity index (χ0v) is 12.7. The molecule has 2 amide bonds. The van der Waals surface area contributed by atoms with Crippen LogP contribution in [-0.2, 0) is 9.53 Å². The number of hydrogen-bond acceptors (Lipinski definition) is 4. The van der Waals surface area contributed by atoms with Gasteiger partial charge in [0.15, 0.2) is 0 Å². The average molecular weight is 302 g/mol. The highest BCUT2D eigenvalue weighted by Gasteiger charge is 2.37. The van der Waals surface area contributed by atoms with E-state index in [-0.39, 0.29) is 19.5 Å². The van der Waals surface area contributed by atoms with Gasteiger partial charge in [-0.2, -0.15) is 0 Å². The summed E-state index contributed by atoms with van der Waals surface area (Å²) in [5.74, 6) is -1.90. The number of hydrogen-bond donors (Lipinski definition) is 2. The average Bonchev–Trinajstić information content (AvgIpc) is 2.35. The molecule has 0 aromatic rings. The number of ether oxygens (including phenoxy) is 1. The Morgan fingerprint density at radius 3 is 2.19 bits per heavy atom. The first-order valence-electron chi connectivity index (χ1n) is 6.67. The normalized spacial score (nSPS) is 22.6. The second kappa shape index (κ2) is 6.19. The number of carbonyl (C=O) groups excluding carboxylic acids is 1. The standard InChI is InChI=1S/C13H22N2O6/c1-13(2,3)21-12(20)14(4)9-5-8(10(16)17)6-15(7-9)11(18)19/h8-9H,5-7H2,1-4H3,(H,16,17)(H,18,19). The molecule has 0 spiro atoms. The molecule has 0 saturated carbocycles. The van der Waals surface area contributed by atoms with Crippen LogP contribution in [-0.4, -0.2) is 69.9 Å². The van der Waals surface area contributed by atoms with Gasteiger partial charge in [-0.25, -0.2) is 9.59 Å². The molecule has 1 aliphatic heterocycles. The van der Waals surface area contributed by atoms with Crippen molar-refractivity contribution in [2.75, 3.05) is 20.1 Å². The van der Waals surface area contributed by atoms with Gasteiger partial charge in [-0.05, 0) is 27.2 Å². The van der Waals surface area contributed by atoms with E-state index >= 15 is 0 Å². The Morgan fingerprint density at radius 1 is 1.19 bits per heavy atom. The van der Waals surface area contributed by atoms with Crippen LogP contribution in [0.2, 0.25) is 0 Å². The van der Waals surface area contributed by atoms with Crippen LogP contribution in [0.15, 0.2) is 0 Å². The van der Waals surface area contributed by atoms with Crippen molar-refractivity contribution >= 4 is 18.2 Å². The minimum absolute atomic E-state index is 0.0661. The number of carboxylic acids is 1. The molecule has 1 fully saturated rings. The predicted octanol–water partition coefficient (Wildman–Crippen LogP) is 1.31. The number of likely N-dealkylation sites (tertiary alicyclic amines) is 1. The lowest BCUT2D eigenvalue weighted by atomic mass is 9.94. The lowest BCUT2D eigenvalue weighted by Crippen LogP contribution is -2.54. The van der Waals surface area contributed by atoms with E-state index in [1.807, 2.05) is 0 Å². The van der Waals surface area contributed by atoms with Gasteiger partial charge in [0.1, 0.15) is 5.60 Å². The molecule has 21 heavy (non-hydrogen) atoms. The molecule has 0 bridgehead atoms. The van der Waals surface area contributed by atoms with E-state index in [4.69, 9.17) is 14.9 Å². The van der Waals surface area contributed by atoms with E-state index in [9.17, 15) is 14.4 Å². The molecule has 1 rings (SSSR count). The molecule has 120 valence electrons. The molecule has 1 aliphatic rings. The molecule has 0 radical (unpaired) electrons. The summed E-state index contributed by atoms with van der Waals surface area (Å²) in [5.41, 5.74) is -0.668. The predicted molar refractivity (Wildman–Crippen MR) is 73.1 cm³/mol. The first-order valence-corrected chi connectivity index (χ1v) is 6.67. The smallest absolute Gasteiger partial charge is 0.410 e. The summed E-state index contributed by atoms with van der Waals surface area (Å²) >= 11 is 0. The summed E-state index contributed by atoms with van der Waals surface area (Å²) in [6.45, 7) is 5.19. The number of rotatable bonds is 2.